The number of rotatable bonds is 5. The molecule has 1 unspecified atom stereocenters. The van der Waals surface area contributed by atoms with E-state index >= 15 is 0 Å². The minimum absolute atomic E-state index is 0.174. The lowest BCUT2D eigenvalue weighted by Crippen LogP contribution is -2.43. The van der Waals surface area contributed by atoms with Gasteiger partial charge in [-0.15, -0.1) is 0 Å². The highest BCUT2D eigenvalue weighted by molar-refractivity contribution is 7.88. The summed E-state index contributed by atoms with van der Waals surface area (Å²) in [6, 6.07) is 7.36. The van der Waals surface area contributed by atoms with Crippen LogP contribution in [0.25, 0.3) is 0 Å². The normalized spacial score (nSPS) is 18.4. The van der Waals surface area contributed by atoms with Crippen molar-refractivity contribution >= 4 is 45.0 Å². The standard InChI is InChI=1S/C17H20Cl2N4O3S/c1-27(25,26)23-8-2-3-13(10-23)17(24)20-16-15(19)11-22(21-16)9-12-4-6-14(18)7-5-12/h4-7,11,13H,2-3,8-10H2,1H3,(H,20,21,24). The molecule has 2 aromatic rings. The van der Waals surface area contributed by atoms with Gasteiger partial charge in [-0.25, -0.2) is 12.7 Å². The molecule has 0 aliphatic carbocycles. The summed E-state index contributed by atoms with van der Waals surface area (Å²) >= 11 is 12.1. The number of amides is 1. The molecule has 7 nitrogen and oxygen atoms in total. The Morgan fingerprint density at radius 3 is 2.67 bits per heavy atom. The van der Waals surface area contributed by atoms with Crippen LogP contribution in [0.5, 0.6) is 0 Å². The lowest BCUT2D eigenvalue weighted by Gasteiger charge is -2.29. The van der Waals surface area contributed by atoms with Crippen molar-refractivity contribution in [2.75, 3.05) is 24.7 Å². The lowest BCUT2D eigenvalue weighted by molar-refractivity contribution is -0.120. The van der Waals surface area contributed by atoms with Crippen molar-refractivity contribution in [3.05, 3.63) is 46.1 Å². The van der Waals surface area contributed by atoms with Crippen molar-refractivity contribution in [3.8, 4) is 0 Å². The number of sulfonamides is 1. The van der Waals surface area contributed by atoms with Crippen LogP contribution in [0.4, 0.5) is 5.82 Å². The SMILES string of the molecule is CS(=O)(=O)N1CCCC(C(=O)Nc2nn(Cc3ccc(Cl)cc3)cc2Cl)C1. The van der Waals surface area contributed by atoms with Gasteiger partial charge in [-0.05, 0) is 30.5 Å². The van der Waals surface area contributed by atoms with E-state index in [1.807, 2.05) is 12.1 Å². The highest BCUT2D eigenvalue weighted by Crippen LogP contribution is 2.24. The van der Waals surface area contributed by atoms with Gasteiger partial charge in [0, 0.05) is 24.3 Å². The third-order valence-electron chi connectivity index (χ3n) is 4.44. The smallest absolute Gasteiger partial charge is 0.230 e. The Morgan fingerprint density at radius 2 is 2.00 bits per heavy atom. The minimum Gasteiger partial charge on any atom is -0.308 e. The zero-order valence-electron chi connectivity index (χ0n) is 14.7. The van der Waals surface area contributed by atoms with Gasteiger partial charge in [0.1, 0.15) is 5.02 Å². The second-order valence-electron chi connectivity index (χ2n) is 6.60. The lowest BCUT2D eigenvalue weighted by atomic mass is 9.99. The first-order chi connectivity index (χ1) is 12.7. The molecular weight excluding hydrogens is 411 g/mol. The predicted molar refractivity (Wildman–Crippen MR) is 106 cm³/mol. The monoisotopic (exact) mass is 430 g/mol. The van der Waals surface area contributed by atoms with E-state index < -0.39 is 15.9 Å². The first-order valence-corrected chi connectivity index (χ1v) is 11.1. The Labute approximate surface area is 168 Å². The summed E-state index contributed by atoms with van der Waals surface area (Å²) in [5.41, 5.74) is 0.993. The average Bonchev–Trinajstić information content (AvgIpc) is 2.95. The van der Waals surface area contributed by atoms with Crippen molar-refractivity contribution in [3.63, 3.8) is 0 Å². The van der Waals surface area contributed by atoms with Gasteiger partial charge >= 0.3 is 0 Å². The van der Waals surface area contributed by atoms with Crippen LogP contribution in [-0.4, -0.2) is 47.8 Å². The molecule has 1 aliphatic rings. The summed E-state index contributed by atoms with van der Waals surface area (Å²) in [7, 11) is -3.31. The van der Waals surface area contributed by atoms with Crippen molar-refractivity contribution in [2.24, 2.45) is 5.92 Å². The molecule has 0 bridgehead atoms. The second kappa shape index (κ2) is 8.18. The van der Waals surface area contributed by atoms with Crippen LogP contribution in [0.2, 0.25) is 10.0 Å². The molecule has 10 heteroatoms. The van der Waals surface area contributed by atoms with E-state index in [4.69, 9.17) is 23.2 Å². The van der Waals surface area contributed by atoms with Gasteiger partial charge < -0.3 is 5.32 Å². The molecule has 1 saturated heterocycles. The molecule has 0 saturated carbocycles. The summed E-state index contributed by atoms with van der Waals surface area (Å²) in [4.78, 5) is 12.5. The molecule has 0 spiro atoms. The van der Waals surface area contributed by atoms with Crippen molar-refractivity contribution in [1.29, 1.82) is 0 Å². The molecule has 2 heterocycles. The molecule has 3 rings (SSSR count). The Kier molecular flexibility index (Phi) is 6.10. The van der Waals surface area contributed by atoms with Gasteiger partial charge in [0.05, 0.1) is 18.7 Å². The second-order valence-corrected chi connectivity index (χ2v) is 9.43. The highest BCUT2D eigenvalue weighted by Gasteiger charge is 2.30. The number of nitrogens with zero attached hydrogens (tertiary/aromatic N) is 3. The molecule has 1 N–H and O–H groups in total. The predicted octanol–water partition coefficient (Wildman–Crippen LogP) is 2.85. The molecule has 1 aromatic carbocycles. The summed E-state index contributed by atoms with van der Waals surface area (Å²) in [6.07, 6.45) is 4.06. The number of hydrogen-bond donors (Lipinski definition) is 1. The zero-order valence-corrected chi connectivity index (χ0v) is 17.1. The molecule has 1 atom stereocenters. The van der Waals surface area contributed by atoms with Crippen LogP contribution < -0.4 is 5.32 Å². The number of halogens is 2. The number of aromatic nitrogens is 2. The van der Waals surface area contributed by atoms with E-state index in [-0.39, 0.29) is 18.3 Å². The molecule has 1 aromatic heterocycles. The fourth-order valence-electron chi connectivity index (χ4n) is 3.02. The maximum Gasteiger partial charge on any atom is 0.230 e. The Morgan fingerprint density at radius 1 is 1.30 bits per heavy atom. The minimum atomic E-state index is -3.31. The number of piperidine rings is 1. The molecule has 1 aliphatic heterocycles. The first kappa shape index (κ1) is 20.1. The van der Waals surface area contributed by atoms with Gasteiger partial charge in [0.25, 0.3) is 0 Å². The van der Waals surface area contributed by atoms with E-state index in [0.717, 1.165) is 11.8 Å². The largest absolute Gasteiger partial charge is 0.308 e. The fraction of sp³-hybridized carbons (Fsp3) is 0.412. The third-order valence-corrected chi connectivity index (χ3v) is 6.24. The van der Waals surface area contributed by atoms with E-state index in [1.165, 1.54) is 4.31 Å². The number of carbonyl (C=O) groups excluding carboxylic acids is 1. The summed E-state index contributed by atoms with van der Waals surface area (Å²) < 4.78 is 26.4. The number of anilines is 1. The maximum atomic E-state index is 12.5. The van der Waals surface area contributed by atoms with Crippen molar-refractivity contribution < 1.29 is 13.2 Å². The zero-order chi connectivity index (χ0) is 19.6. The van der Waals surface area contributed by atoms with Crippen LogP contribution >= 0.6 is 23.2 Å². The Hall–Kier alpha value is -1.61. The number of benzene rings is 1. The maximum absolute atomic E-state index is 12.5. The number of hydrogen-bond acceptors (Lipinski definition) is 4. The average molecular weight is 431 g/mol. The van der Waals surface area contributed by atoms with Gasteiger partial charge in [0.2, 0.25) is 15.9 Å². The molecule has 27 heavy (non-hydrogen) atoms. The summed E-state index contributed by atoms with van der Waals surface area (Å²) in [5.74, 6) is -0.431. The number of carbonyl (C=O) groups is 1. The summed E-state index contributed by atoms with van der Waals surface area (Å²) in [5, 5.41) is 8.02. The first-order valence-electron chi connectivity index (χ1n) is 8.46. The topological polar surface area (TPSA) is 84.3 Å². The van der Waals surface area contributed by atoms with Crippen LogP contribution in [0, 0.1) is 5.92 Å². The van der Waals surface area contributed by atoms with Crippen LogP contribution in [-0.2, 0) is 21.4 Å². The van der Waals surface area contributed by atoms with Gasteiger partial charge in [-0.3, -0.25) is 9.48 Å². The van der Waals surface area contributed by atoms with Crippen molar-refractivity contribution in [1.82, 2.24) is 14.1 Å². The van der Waals surface area contributed by atoms with Crippen LogP contribution in [0.3, 0.4) is 0 Å². The van der Waals surface area contributed by atoms with Crippen molar-refractivity contribution in [2.45, 2.75) is 19.4 Å². The van der Waals surface area contributed by atoms with Gasteiger partial charge in [-0.1, -0.05) is 35.3 Å². The van der Waals surface area contributed by atoms with E-state index in [2.05, 4.69) is 10.4 Å². The molecule has 1 amide bonds. The van der Waals surface area contributed by atoms with E-state index in [0.29, 0.717) is 36.0 Å². The number of nitrogens with one attached hydrogen (secondary N) is 1. The van der Waals surface area contributed by atoms with E-state index in [1.54, 1.807) is 23.0 Å². The highest BCUT2D eigenvalue weighted by atomic mass is 35.5. The van der Waals surface area contributed by atoms with Crippen LogP contribution in [0.1, 0.15) is 18.4 Å². The summed E-state index contributed by atoms with van der Waals surface area (Å²) in [6.45, 7) is 1.10. The molecule has 1 fully saturated rings. The molecular formula is C17H20Cl2N4O3S. The van der Waals surface area contributed by atoms with E-state index in [9.17, 15) is 13.2 Å². The third kappa shape index (κ3) is 5.22. The Bertz CT molecular complexity index is 928. The van der Waals surface area contributed by atoms with Gasteiger partial charge in [-0.2, -0.15) is 5.10 Å². The molecule has 0 radical (unpaired) electrons. The van der Waals surface area contributed by atoms with Crippen LogP contribution in [0.15, 0.2) is 30.5 Å². The van der Waals surface area contributed by atoms with Gasteiger partial charge in [0.15, 0.2) is 5.82 Å². The molecule has 146 valence electrons. The Balaban J connectivity index is 1.66. The fourth-order valence-corrected chi connectivity index (χ4v) is 4.25. The quantitative estimate of drug-likeness (QED) is 0.789.